The monoisotopic (exact) mass is 240 g/mol. The molecule has 1 heterocycles. The zero-order valence-electron chi connectivity index (χ0n) is 11.4. The van der Waals surface area contributed by atoms with Crippen LogP contribution >= 0.6 is 0 Å². The fourth-order valence-corrected chi connectivity index (χ4v) is 2.10. The summed E-state index contributed by atoms with van der Waals surface area (Å²) in [6, 6.07) is 0. The molecule has 0 fully saturated rings. The quantitative estimate of drug-likeness (QED) is 0.739. The zero-order chi connectivity index (χ0) is 12.8. The molecule has 1 rings (SSSR count). The third-order valence-electron chi connectivity index (χ3n) is 3.27. The lowest BCUT2D eigenvalue weighted by Gasteiger charge is -2.10. The van der Waals surface area contributed by atoms with Crippen molar-refractivity contribution in [3.05, 3.63) is 17.0 Å². The molecule has 1 aromatic heterocycles. The molecule has 4 nitrogen and oxygen atoms in total. The number of aromatic nitrogens is 2. The Kier molecular flexibility index (Phi) is 5.65. The van der Waals surface area contributed by atoms with Crippen LogP contribution in [0.4, 0.5) is 0 Å². The van der Waals surface area contributed by atoms with Crippen LogP contribution in [0.5, 0.6) is 0 Å². The van der Waals surface area contributed by atoms with Crippen molar-refractivity contribution in [2.45, 2.75) is 45.6 Å². The average Bonchev–Trinajstić information content (AvgIpc) is 2.51. The van der Waals surface area contributed by atoms with E-state index < -0.39 is 0 Å². The molecule has 1 N–H and O–H groups in total. The maximum absolute atomic E-state index is 9.84. The Morgan fingerprint density at radius 3 is 2.59 bits per heavy atom. The Bertz CT molecular complexity index is 347. The van der Waals surface area contributed by atoms with Crippen LogP contribution in [0.1, 0.15) is 36.2 Å². The molecule has 0 saturated carbocycles. The molecular formula is C13H24N2O2. The fourth-order valence-electron chi connectivity index (χ4n) is 2.10. The Balaban J connectivity index is 2.39. The van der Waals surface area contributed by atoms with Crippen molar-refractivity contribution in [2.75, 3.05) is 13.7 Å². The van der Waals surface area contributed by atoms with Crippen LogP contribution in [0, 0.1) is 13.8 Å². The molecule has 98 valence electrons. The van der Waals surface area contributed by atoms with Gasteiger partial charge in [-0.25, -0.2) is 0 Å². The first-order valence-electron chi connectivity index (χ1n) is 6.22. The third-order valence-corrected chi connectivity index (χ3v) is 3.27. The molecule has 0 aliphatic rings. The van der Waals surface area contributed by atoms with Crippen molar-refractivity contribution in [2.24, 2.45) is 7.05 Å². The summed E-state index contributed by atoms with van der Waals surface area (Å²) in [5.41, 5.74) is 3.55. The molecule has 0 aliphatic heterocycles. The van der Waals surface area contributed by atoms with E-state index in [1.54, 1.807) is 7.11 Å². The lowest BCUT2D eigenvalue weighted by atomic mass is 10.0. The van der Waals surface area contributed by atoms with Crippen molar-refractivity contribution < 1.29 is 9.84 Å². The first-order chi connectivity index (χ1) is 8.06. The second-order valence-electron chi connectivity index (χ2n) is 4.60. The number of methoxy groups -OCH3 is 1. The second-order valence-corrected chi connectivity index (χ2v) is 4.60. The second kappa shape index (κ2) is 6.77. The molecular weight excluding hydrogens is 216 g/mol. The van der Waals surface area contributed by atoms with Gasteiger partial charge < -0.3 is 9.84 Å². The molecule has 1 aromatic rings. The van der Waals surface area contributed by atoms with E-state index in [2.05, 4.69) is 12.0 Å². The third kappa shape index (κ3) is 4.13. The Morgan fingerprint density at radius 1 is 1.35 bits per heavy atom. The standard InChI is InChI=1S/C13H24N2O2/c1-10-13(11(2)15(3)14-10)8-7-12(16)6-5-9-17-4/h12,16H,5-9H2,1-4H3. The Labute approximate surface area is 104 Å². The van der Waals surface area contributed by atoms with Crippen LogP contribution in [-0.2, 0) is 18.2 Å². The summed E-state index contributed by atoms with van der Waals surface area (Å²) < 4.78 is 6.88. The van der Waals surface area contributed by atoms with Gasteiger partial charge in [-0.15, -0.1) is 0 Å². The van der Waals surface area contributed by atoms with E-state index >= 15 is 0 Å². The van der Waals surface area contributed by atoms with E-state index in [-0.39, 0.29) is 6.10 Å². The molecule has 0 spiro atoms. The number of hydrogen-bond acceptors (Lipinski definition) is 3. The number of hydrogen-bond donors (Lipinski definition) is 1. The smallest absolute Gasteiger partial charge is 0.0628 e. The van der Waals surface area contributed by atoms with Crippen molar-refractivity contribution in [3.8, 4) is 0 Å². The van der Waals surface area contributed by atoms with E-state index in [9.17, 15) is 5.11 Å². The van der Waals surface area contributed by atoms with Gasteiger partial charge in [-0.2, -0.15) is 5.10 Å². The molecule has 0 amide bonds. The largest absolute Gasteiger partial charge is 0.393 e. The number of ether oxygens (including phenoxy) is 1. The van der Waals surface area contributed by atoms with Crippen LogP contribution in [-0.4, -0.2) is 34.7 Å². The molecule has 0 aliphatic carbocycles. The summed E-state index contributed by atoms with van der Waals surface area (Å²) in [5.74, 6) is 0. The lowest BCUT2D eigenvalue weighted by Crippen LogP contribution is -2.09. The predicted molar refractivity (Wildman–Crippen MR) is 68.1 cm³/mol. The summed E-state index contributed by atoms with van der Waals surface area (Å²) in [7, 11) is 3.65. The lowest BCUT2D eigenvalue weighted by molar-refractivity contribution is 0.128. The summed E-state index contributed by atoms with van der Waals surface area (Å²) in [6.45, 7) is 4.83. The van der Waals surface area contributed by atoms with Gasteiger partial charge in [0.05, 0.1) is 11.8 Å². The van der Waals surface area contributed by atoms with Crippen LogP contribution < -0.4 is 0 Å². The van der Waals surface area contributed by atoms with E-state index in [1.807, 2.05) is 18.7 Å². The van der Waals surface area contributed by atoms with Gasteiger partial charge >= 0.3 is 0 Å². The minimum Gasteiger partial charge on any atom is -0.393 e. The molecule has 1 atom stereocenters. The molecule has 0 radical (unpaired) electrons. The molecule has 1 unspecified atom stereocenters. The first-order valence-corrected chi connectivity index (χ1v) is 6.22. The highest BCUT2D eigenvalue weighted by Gasteiger charge is 2.11. The zero-order valence-corrected chi connectivity index (χ0v) is 11.4. The van der Waals surface area contributed by atoms with E-state index in [0.29, 0.717) is 0 Å². The number of nitrogens with zero attached hydrogens (tertiary/aromatic N) is 2. The van der Waals surface area contributed by atoms with Crippen LogP contribution in [0.15, 0.2) is 0 Å². The SMILES string of the molecule is COCCCC(O)CCc1c(C)nn(C)c1C. The van der Waals surface area contributed by atoms with E-state index in [0.717, 1.165) is 38.0 Å². The molecule has 0 bridgehead atoms. The van der Waals surface area contributed by atoms with Gasteiger partial charge in [-0.3, -0.25) is 4.68 Å². The topological polar surface area (TPSA) is 47.3 Å². The highest BCUT2D eigenvalue weighted by atomic mass is 16.5. The first kappa shape index (κ1) is 14.2. The molecule has 0 aromatic carbocycles. The van der Waals surface area contributed by atoms with Gasteiger partial charge in [0.1, 0.15) is 0 Å². The number of aliphatic hydroxyl groups is 1. The van der Waals surface area contributed by atoms with Crippen LogP contribution in [0.3, 0.4) is 0 Å². The van der Waals surface area contributed by atoms with Crippen molar-refractivity contribution >= 4 is 0 Å². The molecule has 4 heteroatoms. The summed E-state index contributed by atoms with van der Waals surface area (Å²) in [6.07, 6.45) is 3.20. The molecule has 17 heavy (non-hydrogen) atoms. The van der Waals surface area contributed by atoms with Gasteiger partial charge in [-0.05, 0) is 45.1 Å². The summed E-state index contributed by atoms with van der Waals surface area (Å²) in [4.78, 5) is 0. The van der Waals surface area contributed by atoms with Gasteiger partial charge in [0, 0.05) is 26.5 Å². The van der Waals surface area contributed by atoms with Crippen LogP contribution in [0.2, 0.25) is 0 Å². The van der Waals surface area contributed by atoms with Crippen molar-refractivity contribution in [1.82, 2.24) is 9.78 Å². The Morgan fingerprint density at radius 2 is 2.06 bits per heavy atom. The number of aryl methyl sites for hydroxylation is 2. The summed E-state index contributed by atoms with van der Waals surface area (Å²) in [5, 5.41) is 14.2. The average molecular weight is 240 g/mol. The van der Waals surface area contributed by atoms with Gasteiger partial charge in [0.2, 0.25) is 0 Å². The van der Waals surface area contributed by atoms with E-state index in [1.165, 1.54) is 11.3 Å². The minimum absolute atomic E-state index is 0.232. The normalized spacial score (nSPS) is 13.0. The van der Waals surface area contributed by atoms with Crippen molar-refractivity contribution in [1.29, 1.82) is 0 Å². The van der Waals surface area contributed by atoms with Gasteiger partial charge in [0.15, 0.2) is 0 Å². The molecule has 0 saturated heterocycles. The number of aliphatic hydroxyl groups excluding tert-OH is 1. The number of rotatable bonds is 7. The van der Waals surface area contributed by atoms with Crippen LogP contribution in [0.25, 0.3) is 0 Å². The summed E-state index contributed by atoms with van der Waals surface area (Å²) >= 11 is 0. The highest BCUT2D eigenvalue weighted by molar-refractivity contribution is 5.24. The van der Waals surface area contributed by atoms with Gasteiger partial charge in [0.25, 0.3) is 0 Å². The fraction of sp³-hybridized carbons (Fsp3) is 0.769. The maximum atomic E-state index is 9.84. The maximum Gasteiger partial charge on any atom is 0.0628 e. The van der Waals surface area contributed by atoms with Gasteiger partial charge in [-0.1, -0.05) is 0 Å². The highest BCUT2D eigenvalue weighted by Crippen LogP contribution is 2.16. The predicted octanol–water partition coefficient (Wildman–Crippen LogP) is 1.76. The minimum atomic E-state index is -0.232. The van der Waals surface area contributed by atoms with Crippen molar-refractivity contribution in [3.63, 3.8) is 0 Å². The Hall–Kier alpha value is -0.870. The van der Waals surface area contributed by atoms with E-state index in [4.69, 9.17) is 4.74 Å².